The number of carboxylic acid groups (broad SMARTS) is 1. The summed E-state index contributed by atoms with van der Waals surface area (Å²) in [6.07, 6.45) is 7.17. The first-order valence-corrected chi connectivity index (χ1v) is 7.26. The van der Waals surface area contributed by atoms with Crippen LogP contribution in [0.2, 0.25) is 0 Å². The van der Waals surface area contributed by atoms with Crippen LogP contribution in [0, 0.1) is 29.6 Å². The van der Waals surface area contributed by atoms with Gasteiger partial charge in [-0.05, 0) is 37.0 Å². The lowest BCUT2D eigenvalue weighted by atomic mass is 9.85. The van der Waals surface area contributed by atoms with Crippen molar-refractivity contribution in [1.29, 1.82) is 0 Å². The average Bonchev–Trinajstić information content (AvgIpc) is 2.99. The average molecular weight is 263 g/mol. The van der Waals surface area contributed by atoms with E-state index in [2.05, 4.69) is 12.2 Å². The van der Waals surface area contributed by atoms with Crippen molar-refractivity contribution in [3.8, 4) is 0 Å². The Balaban J connectivity index is 1.63. The van der Waals surface area contributed by atoms with E-state index in [-0.39, 0.29) is 23.7 Å². The fraction of sp³-hybridized carbons (Fsp3) is 0.733. The molecule has 1 saturated carbocycles. The number of hydrogen-bond donors (Lipinski definition) is 1. The van der Waals surface area contributed by atoms with E-state index in [1.54, 1.807) is 0 Å². The van der Waals surface area contributed by atoms with Crippen LogP contribution in [-0.2, 0) is 9.59 Å². The topological polar surface area (TPSA) is 57.6 Å². The van der Waals surface area contributed by atoms with Gasteiger partial charge in [0, 0.05) is 19.0 Å². The quantitative estimate of drug-likeness (QED) is 0.772. The number of carbonyl (C=O) groups excluding carboxylic acids is 1. The molecule has 0 aromatic carbocycles. The molecule has 2 bridgehead atoms. The van der Waals surface area contributed by atoms with Crippen molar-refractivity contribution in [2.24, 2.45) is 29.6 Å². The number of rotatable bonds is 2. The molecule has 3 rings (SSSR count). The summed E-state index contributed by atoms with van der Waals surface area (Å²) in [6, 6.07) is 0. The molecule has 0 spiro atoms. The number of allylic oxidation sites excluding steroid dienone is 2. The zero-order valence-electron chi connectivity index (χ0n) is 11.3. The number of carboxylic acids is 1. The maximum atomic E-state index is 12.6. The molecule has 5 unspecified atom stereocenters. The van der Waals surface area contributed by atoms with E-state index >= 15 is 0 Å². The van der Waals surface area contributed by atoms with Gasteiger partial charge in [-0.1, -0.05) is 19.1 Å². The van der Waals surface area contributed by atoms with Crippen LogP contribution in [0.5, 0.6) is 0 Å². The monoisotopic (exact) mass is 263 g/mol. The molecule has 2 aliphatic carbocycles. The Labute approximate surface area is 113 Å². The van der Waals surface area contributed by atoms with Gasteiger partial charge in [-0.2, -0.15) is 0 Å². The van der Waals surface area contributed by atoms with E-state index in [4.69, 9.17) is 5.11 Å². The molecule has 0 radical (unpaired) electrons. The highest BCUT2D eigenvalue weighted by Crippen LogP contribution is 2.44. The summed E-state index contributed by atoms with van der Waals surface area (Å²) in [5, 5.41) is 9.12. The molecule has 4 heteroatoms. The zero-order chi connectivity index (χ0) is 13.6. The predicted octanol–water partition coefficient (Wildman–Crippen LogP) is 1.77. The third-order valence-electron chi connectivity index (χ3n) is 5.13. The summed E-state index contributed by atoms with van der Waals surface area (Å²) in [7, 11) is 0. The summed E-state index contributed by atoms with van der Waals surface area (Å²) < 4.78 is 0. The molecule has 1 saturated heterocycles. The van der Waals surface area contributed by atoms with Gasteiger partial charge in [0.25, 0.3) is 0 Å². The summed E-state index contributed by atoms with van der Waals surface area (Å²) in [5.74, 6) is 0.504. The van der Waals surface area contributed by atoms with Crippen molar-refractivity contribution in [2.45, 2.75) is 26.2 Å². The van der Waals surface area contributed by atoms with Gasteiger partial charge in [0.05, 0.1) is 5.92 Å². The largest absolute Gasteiger partial charge is 0.481 e. The smallest absolute Gasteiger partial charge is 0.306 e. The van der Waals surface area contributed by atoms with E-state index in [1.165, 1.54) is 0 Å². The number of carbonyl (C=O) groups is 2. The molecule has 2 fully saturated rings. The highest BCUT2D eigenvalue weighted by Gasteiger charge is 2.43. The number of amides is 1. The van der Waals surface area contributed by atoms with Crippen LogP contribution in [0.4, 0.5) is 0 Å². The summed E-state index contributed by atoms with van der Waals surface area (Å²) in [5.41, 5.74) is 0. The zero-order valence-corrected chi connectivity index (χ0v) is 11.3. The number of hydrogen-bond acceptors (Lipinski definition) is 2. The van der Waals surface area contributed by atoms with Gasteiger partial charge in [-0.15, -0.1) is 0 Å². The molecule has 0 aromatic heterocycles. The Kier molecular flexibility index (Phi) is 3.11. The molecular formula is C15H21NO3. The minimum atomic E-state index is -0.720. The molecule has 1 heterocycles. The Morgan fingerprint density at radius 1 is 1.21 bits per heavy atom. The van der Waals surface area contributed by atoms with Crippen molar-refractivity contribution in [2.75, 3.05) is 13.1 Å². The molecule has 0 aromatic rings. The maximum Gasteiger partial charge on any atom is 0.306 e. The number of aliphatic carboxylic acids is 1. The molecule has 4 nitrogen and oxygen atoms in total. The van der Waals surface area contributed by atoms with Gasteiger partial charge in [-0.25, -0.2) is 0 Å². The van der Waals surface area contributed by atoms with Crippen LogP contribution < -0.4 is 0 Å². The van der Waals surface area contributed by atoms with Crippen molar-refractivity contribution in [1.82, 2.24) is 4.90 Å². The van der Waals surface area contributed by atoms with E-state index in [0.29, 0.717) is 31.3 Å². The third-order valence-corrected chi connectivity index (χ3v) is 5.13. The number of fused-ring (bicyclic) bond motifs is 2. The highest BCUT2D eigenvalue weighted by atomic mass is 16.4. The minimum absolute atomic E-state index is 0.0596. The van der Waals surface area contributed by atoms with Gasteiger partial charge in [0.1, 0.15) is 0 Å². The van der Waals surface area contributed by atoms with Gasteiger partial charge in [0.15, 0.2) is 0 Å². The molecule has 1 amide bonds. The van der Waals surface area contributed by atoms with Crippen molar-refractivity contribution in [3.05, 3.63) is 12.2 Å². The number of nitrogens with zero attached hydrogens (tertiary/aromatic N) is 1. The second-order valence-electron chi connectivity index (χ2n) is 6.38. The van der Waals surface area contributed by atoms with Crippen LogP contribution >= 0.6 is 0 Å². The van der Waals surface area contributed by atoms with E-state index in [9.17, 15) is 9.59 Å². The summed E-state index contributed by atoms with van der Waals surface area (Å²) >= 11 is 0. The van der Waals surface area contributed by atoms with Gasteiger partial charge < -0.3 is 10.0 Å². The summed E-state index contributed by atoms with van der Waals surface area (Å²) in [6.45, 7) is 3.16. The van der Waals surface area contributed by atoms with Crippen molar-refractivity contribution < 1.29 is 14.7 Å². The number of piperidine rings is 1. The lowest BCUT2D eigenvalue weighted by molar-refractivity contribution is -0.149. The van der Waals surface area contributed by atoms with Crippen molar-refractivity contribution >= 4 is 11.9 Å². The van der Waals surface area contributed by atoms with Crippen LogP contribution in [0.1, 0.15) is 26.2 Å². The molecule has 5 atom stereocenters. The molecule has 1 N–H and O–H groups in total. The molecular weight excluding hydrogens is 242 g/mol. The molecule has 1 aliphatic heterocycles. The molecule has 3 aliphatic rings. The van der Waals surface area contributed by atoms with Gasteiger partial charge in [-0.3, -0.25) is 9.59 Å². The first-order valence-electron chi connectivity index (χ1n) is 7.26. The Morgan fingerprint density at radius 3 is 2.53 bits per heavy atom. The van der Waals surface area contributed by atoms with Crippen molar-refractivity contribution in [3.63, 3.8) is 0 Å². The van der Waals surface area contributed by atoms with Crippen LogP contribution in [0.25, 0.3) is 0 Å². The predicted molar refractivity (Wildman–Crippen MR) is 70.3 cm³/mol. The van der Waals surface area contributed by atoms with E-state index in [1.807, 2.05) is 11.8 Å². The first-order chi connectivity index (χ1) is 9.06. The van der Waals surface area contributed by atoms with Gasteiger partial charge >= 0.3 is 5.97 Å². The lowest BCUT2D eigenvalue weighted by Crippen LogP contribution is -2.47. The highest BCUT2D eigenvalue weighted by molar-refractivity contribution is 5.80. The Bertz CT molecular complexity index is 431. The van der Waals surface area contributed by atoms with Crippen LogP contribution in [0.15, 0.2) is 12.2 Å². The second kappa shape index (κ2) is 4.66. The standard InChI is InChI=1S/C15H21NO3/c1-9-8-16(5-4-12(9)15(18)19)14(17)13-7-10-2-3-11(13)6-10/h2-3,9-13H,4-8H2,1H3,(H,18,19). The van der Waals surface area contributed by atoms with Crippen LogP contribution in [0.3, 0.4) is 0 Å². The van der Waals surface area contributed by atoms with E-state index < -0.39 is 5.97 Å². The fourth-order valence-corrected chi connectivity index (χ4v) is 4.01. The minimum Gasteiger partial charge on any atom is -0.481 e. The van der Waals surface area contributed by atoms with Gasteiger partial charge in [0.2, 0.25) is 5.91 Å². The Hall–Kier alpha value is -1.32. The third kappa shape index (κ3) is 2.17. The SMILES string of the molecule is CC1CN(C(=O)C2CC3C=CC2C3)CCC1C(=O)O. The second-order valence-corrected chi connectivity index (χ2v) is 6.38. The maximum absolute atomic E-state index is 12.6. The van der Waals surface area contributed by atoms with Crippen LogP contribution in [-0.4, -0.2) is 35.0 Å². The number of likely N-dealkylation sites (tertiary alicyclic amines) is 1. The fourth-order valence-electron chi connectivity index (χ4n) is 4.01. The van der Waals surface area contributed by atoms with E-state index in [0.717, 1.165) is 12.8 Å². The molecule has 104 valence electrons. The lowest BCUT2D eigenvalue weighted by Gasteiger charge is -2.37. The normalized spacial score (nSPS) is 40.7. The molecule has 19 heavy (non-hydrogen) atoms. The Morgan fingerprint density at radius 2 is 2.00 bits per heavy atom. The summed E-state index contributed by atoms with van der Waals surface area (Å²) in [4.78, 5) is 25.6. The first kappa shape index (κ1) is 12.7.